The van der Waals surface area contributed by atoms with Crippen LogP contribution in [0.1, 0.15) is 18.4 Å². The molecule has 0 aliphatic heterocycles. The van der Waals surface area contributed by atoms with Crippen LogP contribution in [-0.2, 0) is 6.54 Å². The molecule has 1 aromatic rings. The third kappa shape index (κ3) is 4.73. The Morgan fingerprint density at radius 3 is 2.73 bits per heavy atom. The van der Waals surface area contributed by atoms with Gasteiger partial charge < -0.3 is 5.32 Å². The van der Waals surface area contributed by atoms with Crippen molar-refractivity contribution in [3.63, 3.8) is 0 Å². The summed E-state index contributed by atoms with van der Waals surface area (Å²) in [5, 5.41) is 5.68. The highest BCUT2D eigenvalue weighted by atomic mass is 79.9. The predicted molar refractivity (Wildman–Crippen MR) is 71.2 cm³/mol. The second-order valence-corrected chi connectivity index (χ2v) is 4.86. The molecule has 0 spiro atoms. The number of alkyl halides is 1. The Labute approximate surface area is 109 Å². The Balaban J connectivity index is 2.34. The molecule has 0 aromatic heterocycles. The number of hydrogen-bond donors (Lipinski definition) is 1. The molecular weight excluding hydrogens is 297 g/mol. The summed E-state index contributed by atoms with van der Waals surface area (Å²) < 4.78 is 0. The molecule has 15 heavy (non-hydrogen) atoms. The summed E-state index contributed by atoms with van der Waals surface area (Å²) in [6.45, 7) is 1.79. The van der Waals surface area contributed by atoms with E-state index < -0.39 is 0 Å². The standard InChI is InChI=1S/C11H14BrCl2N/c12-6-1-2-7-15-8-9-4-3-5-10(13)11(9)14/h3-5,15H,1-2,6-8H2. The van der Waals surface area contributed by atoms with Crippen LogP contribution >= 0.6 is 39.1 Å². The first-order chi connectivity index (χ1) is 7.25. The van der Waals surface area contributed by atoms with Crippen LogP contribution < -0.4 is 5.32 Å². The third-order valence-corrected chi connectivity index (χ3v) is 3.50. The van der Waals surface area contributed by atoms with Crippen LogP contribution in [0.4, 0.5) is 0 Å². The molecule has 0 aliphatic carbocycles. The Hall–Kier alpha value is 0.240. The number of halogens is 3. The van der Waals surface area contributed by atoms with Crippen LogP contribution in [-0.4, -0.2) is 11.9 Å². The molecule has 4 heteroatoms. The molecule has 1 aromatic carbocycles. The monoisotopic (exact) mass is 309 g/mol. The Kier molecular flexibility index (Phi) is 6.66. The van der Waals surface area contributed by atoms with Gasteiger partial charge in [-0.3, -0.25) is 0 Å². The van der Waals surface area contributed by atoms with E-state index in [0.717, 1.165) is 24.0 Å². The molecule has 0 atom stereocenters. The zero-order valence-electron chi connectivity index (χ0n) is 8.40. The summed E-state index contributed by atoms with van der Waals surface area (Å²) >= 11 is 15.4. The number of rotatable bonds is 6. The molecular formula is C11H14BrCl2N. The maximum absolute atomic E-state index is 6.05. The summed E-state index contributed by atoms with van der Waals surface area (Å²) in [6, 6.07) is 5.72. The molecule has 0 aliphatic rings. The lowest BCUT2D eigenvalue weighted by atomic mass is 10.2. The molecule has 1 nitrogen and oxygen atoms in total. The molecule has 0 heterocycles. The number of unbranched alkanes of at least 4 members (excludes halogenated alkanes) is 1. The number of nitrogens with one attached hydrogen (secondary N) is 1. The first-order valence-corrected chi connectivity index (χ1v) is 6.83. The topological polar surface area (TPSA) is 12.0 Å². The van der Waals surface area contributed by atoms with Crippen LogP contribution in [0.5, 0.6) is 0 Å². The summed E-state index contributed by atoms with van der Waals surface area (Å²) in [6.07, 6.45) is 2.36. The highest BCUT2D eigenvalue weighted by Gasteiger charge is 2.02. The Bertz CT molecular complexity index is 305. The van der Waals surface area contributed by atoms with Crippen molar-refractivity contribution >= 4 is 39.1 Å². The summed E-state index contributed by atoms with van der Waals surface area (Å²) in [5.74, 6) is 0. The molecule has 1 rings (SSSR count). The average Bonchev–Trinajstić information content (AvgIpc) is 2.24. The number of benzene rings is 1. The van der Waals surface area contributed by atoms with E-state index in [1.807, 2.05) is 12.1 Å². The van der Waals surface area contributed by atoms with E-state index in [4.69, 9.17) is 23.2 Å². The smallest absolute Gasteiger partial charge is 0.0637 e. The van der Waals surface area contributed by atoms with Gasteiger partial charge in [-0.05, 0) is 31.0 Å². The van der Waals surface area contributed by atoms with Crippen molar-refractivity contribution in [2.24, 2.45) is 0 Å². The molecule has 0 amide bonds. The van der Waals surface area contributed by atoms with E-state index >= 15 is 0 Å². The van der Waals surface area contributed by atoms with Crippen molar-refractivity contribution in [1.82, 2.24) is 5.32 Å². The molecule has 84 valence electrons. The fourth-order valence-electron chi connectivity index (χ4n) is 1.25. The predicted octanol–water partition coefficient (Wildman–Crippen LogP) is 4.26. The first-order valence-electron chi connectivity index (χ1n) is 4.95. The quantitative estimate of drug-likeness (QED) is 0.611. The molecule has 0 unspecified atom stereocenters. The molecule has 0 saturated carbocycles. The van der Waals surface area contributed by atoms with Crippen LogP contribution in [0.2, 0.25) is 10.0 Å². The molecule has 0 bridgehead atoms. The van der Waals surface area contributed by atoms with Gasteiger partial charge in [-0.15, -0.1) is 0 Å². The van der Waals surface area contributed by atoms with Gasteiger partial charge in [0.25, 0.3) is 0 Å². The summed E-state index contributed by atoms with van der Waals surface area (Å²) in [7, 11) is 0. The van der Waals surface area contributed by atoms with Gasteiger partial charge in [0, 0.05) is 11.9 Å². The fourth-order valence-corrected chi connectivity index (χ4v) is 2.04. The minimum absolute atomic E-state index is 0.622. The minimum Gasteiger partial charge on any atom is -0.313 e. The van der Waals surface area contributed by atoms with Crippen molar-refractivity contribution in [2.45, 2.75) is 19.4 Å². The van der Waals surface area contributed by atoms with E-state index in [0.29, 0.717) is 10.0 Å². The summed E-state index contributed by atoms with van der Waals surface area (Å²) in [4.78, 5) is 0. The zero-order valence-corrected chi connectivity index (χ0v) is 11.5. The largest absolute Gasteiger partial charge is 0.313 e. The van der Waals surface area contributed by atoms with Crippen LogP contribution in [0.3, 0.4) is 0 Å². The fraction of sp³-hybridized carbons (Fsp3) is 0.455. The second kappa shape index (κ2) is 7.50. The average molecular weight is 311 g/mol. The Morgan fingerprint density at radius 1 is 1.20 bits per heavy atom. The van der Waals surface area contributed by atoms with Crippen molar-refractivity contribution in [3.05, 3.63) is 33.8 Å². The van der Waals surface area contributed by atoms with Crippen LogP contribution in [0, 0.1) is 0 Å². The van der Waals surface area contributed by atoms with Gasteiger partial charge in [0.15, 0.2) is 0 Å². The maximum Gasteiger partial charge on any atom is 0.0637 e. The first kappa shape index (κ1) is 13.3. The van der Waals surface area contributed by atoms with E-state index in [-0.39, 0.29) is 0 Å². The lowest BCUT2D eigenvalue weighted by molar-refractivity contribution is 0.645. The highest BCUT2D eigenvalue weighted by molar-refractivity contribution is 9.09. The molecule has 0 radical (unpaired) electrons. The van der Waals surface area contributed by atoms with E-state index in [1.165, 1.54) is 12.8 Å². The van der Waals surface area contributed by atoms with Gasteiger partial charge in [0.1, 0.15) is 0 Å². The lowest BCUT2D eigenvalue weighted by Crippen LogP contribution is -2.15. The van der Waals surface area contributed by atoms with Crippen molar-refractivity contribution in [3.8, 4) is 0 Å². The van der Waals surface area contributed by atoms with E-state index in [2.05, 4.69) is 21.2 Å². The molecule has 0 saturated heterocycles. The summed E-state index contributed by atoms with van der Waals surface area (Å²) in [5.41, 5.74) is 1.06. The number of hydrogen-bond acceptors (Lipinski definition) is 1. The van der Waals surface area contributed by atoms with Gasteiger partial charge in [0.2, 0.25) is 0 Å². The van der Waals surface area contributed by atoms with Crippen LogP contribution in [0.15, 0.2) is 18.2 Å². The normalized spacial score (nSPS) is 10.6. The zero-order chi connectivity index (χ0) is 11.1. The van der Waals surface area contributed by atoms with E-state index in [9.17, 15) is 0 Å². The van der Waals surface area contributed by atoms with Gasteiger partial charge in [0.05, 0.1) is 10.0 Å². The molecule has 0 fully saturated rings. The lowest BCUT2D eigenvalue weighted by Gasteiger charge is -2.07. The van der Waals surface area contributed by atoms with Crippen molar-refractivity contribution < 1.29 is 0 Å². The van der Waals surface area contributed by atoms with E-state index in [1.54, 1.807) is 6.07 Å². The third-order valence-electron chi connectivity index (χ3n) is 2.08. The van der Waals surface area contributed by atoms with Gasteiger partial charge in [-0.1, -0.05) is 51.3 Å². The van der Waals surface area contributed by atoms with Gasteiger partial charge in [-0.25, -0.2) is 0 Å². The van der Waals surface area contributed by atoms with Crippen molar-refractivity contribution in [1.29, 1.82) is 0 Å². The highest BCUT2D eigenvalue weighted by Crippen LogP contribution is 2.25. The Morgan fingerprint density at radius 2 is 2.00 bits per heavy atom. The maximum atomic E-state index is 6.05. The SMILES string of the molecule is Clc1cccc(CNCCCCBr)c1Cl. The van der Waals surface area contributed by atoms with Crippen LogP contribution in [0.25, 0.3) is 0 Å². The minimum atomic E-state index is 0.622. The molecule has 1 N–H and O–H groups in total. The van der Waals surface area contributed by atoms with Gasteiger partial charge in [-0.2, -0.15) is 0 Å². The second-order valence-electron chi connectivity index (χ2n) is 3.29. The van der Waals surface area contributed by atoms with Gasteiger partial charge >= 0.3 is 0 Å². The van der Waals surface area contributed by atoms with Crippen molar-refractivity contribution in [2.75, 3.05) is 11.9 Å².